The fraction of sp³-hybridized carbons (Fsp3) is 0.385. The van der Waals surface area contributed by atoms with Gasteiger partial charge in [0, 0.05) is 6.42 Å². The van der Waals surface area contributed by atoms with Gasteiger partial charge < -0.3 is 4.52 Å². The van der Waals surface area contributed by atoms with Gasteiger partial charge in [-0.05, 0) is 12.5 Å². The molecule has 0 N–H and O–H groups in total. The van der Waals surface area contributed by atoms with Gasteiger partial charge in [0.05, 0.1) is 5.75 Å². The highest BCUT2D eigenvalue weighted by Gasteiger charge is 2.17. The molecule has 0 spiro atoms. The van der Waals surface area contributed by atoms with E-state index >= 15 is 0 Å². The maximum absolute atomic E-state index is 12.0. The summed E-state index contributed by atoms with van der Waals surface area (Å²) in [7, 11) is -3.29. The lowest BCUT2D eigenvalue weighted by Gasteiger charge is -2.02. The van der Waals surface area contributed by atoms with Crippen molar-refractivity contribution in [2.45, 2.75) is 31.8 Å². The molecule has 0 aliphatic heterocycles. The molecule has 0 fully saturated rings. The van der Waals surface area contributed by atoms with Crippen LogP contribution in [-0.4, -0.2) is 18.6 Å². The van der Waals surface area contributed by atoms with Crippen molar-refractivity contribution in [2.24, 2.45) is 0 Å². The molecule has 19 heavy (non-hydrogen) atoms. The van der Waals surface area contributed by atoms with Crippen molar-refractivity contribution in [1.82, 2.24) is 10.1 Å². The molecule has 0 bridgehead atoms. The zero-order valence-corrected chi connectivity index (χ0v) is 11.8. The number of rotatable bonds is 5. The van der Waals surface area contributed by atoms with Gasteiger partial charge in [0.1, 0.15) is 5.75 Å². The maximum Gasteiger partial charge on any atom is 0.241 e. The lowest BCUT2D eigenvalue weighted by Crippen LogP contribution is -2.08. The molecule has 5 nitrogen and oxygen atoms in total. The van der Waals surface area contributed by atoms with E-state index in [4.69, 9.17) is 4.52 Å². The molecule has 2 rings (SSSR count). The first kappa shape index (κ1) is 13.7. The van der Waals surface area contributed by atoms with Crippen LogP contribution >= 0.6 is 0 Å². The van der Waals surface area contributed by atoms with E-state index in [0.717, 1.165) is 11.1 Å². The lowest BCUT2D eigenvalue weighted by atomic mass is 10.2. The molecule has 1 heterocycles. The summed E-state index contributed by atoms with van der Waals surface area (Å²) in [6, 6.07) is 7.43. The largest absolute Gasteiger partial charge is 0.338 e. The van der Waals surface area contributed by atoms with E-state index in [-0.39, 0.29) is 17.4 Å². The summed E-state index contributed by atoms with van der Waals surface area (Å²) in [5.74, 6) is 0.454. The minimum absolute atomic E-state index is 0.0167. The fourth-order valence-electron chi connectivity index (χ4n) is 1.67. The molecule has 0 saturated heterocycles. The number of hydrogen-bond donors (Lipinski definition) is 0. The lowest BCUT2D eigenvalue weighted by molar-refractivity contribution is 0.383. The van der Waals surface area contributed by atoms with Crippen LogP contribution in [0.2, 0.25) is 0 Å². The second kappa shape index (κ2) is 5.52. The van der Waals surface area contributed by atoms with Gasteiger partial charge in [0.25, 0.3) is 0 Å². The predicted octanol–water partition coefficient (Wildman–Crippen LogP) is 2.06. The van der Waals surface area contributed by atoms with E-state index in [1.54, 1.807) is 0 Å². The van der Waals surface area contributed by atoms with Crippen molar-refractivity contribution in [3.05, 3.63) is 47.1 Å². The zero-order valence-electron chi connectivity index (χ0n) is 11.0. The van der Waals surface area contributed by atoms with Crippen molar-refractivity contribution in [2.75, 3.05) is 0 Å². The van der Waals surface area contributed by atoms with Crippen molar-refractivity contribution >= 4 is 9.84 Å². The van der Waals surface area contributed by atoms with Gasteiger partial charge in [0.2, 0.25) is 5.89 Å². The molecule has 0 radical (unpaired) electrons. The van der Waals surface area contributed by atoms with Gasteiger partial charge in [-0.15, -0.1) is 0 Å². The summed E-state index contributed by atoms with van der Waals surface area (Å²) in [5, 5.41) is 3.69. The first-order chi connectivity index (χ1) is 8.98. The van der Waals surface area contributed by atoms with E-state index in [0.29, 0.717) is 12.2 Å². The molecule has 0 atom stereocenters. The van der Waals surface area contributed by atoms with E-state index in [1.807, 2.05) is 38.1 Å². The van der Waals surface area contributed by atoms with Crippen molar-refractivity contribution in [3.63, 3.8) is 0 Å². The van der Waals surface area contributed by atoms with Crippen LogP contribution in [0.25, 0.3) is 0 Å². The van der Waals surface area contributed by atoms with Gasteiger partial charge in [-0.2, -0.15) is 4.98 Å². The summed E-state index contributed by atoms with van der Waals surface area (Å²) in [6.07, 6.45) is 0.626. The van der Waals surface area contributed by atoms with Crippen LogP contribution in [0, 0.1) is 6.92 Å². The number of benzene rings is 1. The van der Waals surface area contributed by atoms with Gasteiger partial charge in [0.15, 0.2) is 15.7 Å². The number of aryl methyl sites for hydroxylation is 2. The van der Waals surface area contributed by atoms with Crippen molar-refractivity contribution in [3.8, 4) is 0 Å². The molecular formula is C13H16N2O3S. The van der Waals surface area contributed by atoms with E-state index in [9.17, 15) is 8.42 Å². The van der Waals surface area contributed by atoms with Gasteiger partial charge >= 0.3 is 0 Å². The van der Waals surface area contributed by atoms with Crippen LogP contribution in [0.15, 0.2) is 28.8 Å². The van der Waals surface area contributed by atoms with Crippen LogP contribution in [0.1, 0.15) is 29.8 Å². The Morgan fingerprint density at radius 3 is 2.42 bits per heavy atom. The first-order valence-electron chi connectivity index (χ1n) is 6.06. The second-order valence-electron chi connectivity index (χ2n) is 4.48. The highest BCUT2D eigenvalue weighted by atomic mass is 32.2. The Morgan fingerprint density at radius 2 is 1.84 bits per heavy atom. The number of aromatic nitrogens is 2. The summed E-state index contributed by atoms with van der Waals surface area (Å²) in [5.41, 5.74) is 1.87. The quantitative estimate of drug-likeness (QED) is 0.838. The Bertz CT molecular complexity index is 645. The van der Waals surface area contributed by atoms with Gasteiger partial charge in [-0.1, -0.05) is 41.9 Å². The maximum atomic E-state index is 12.0. The molecule has 0 aliphatic carbocycles. The molecule has 102 valence electrons. The second-order valence-corrected chi connectivity index (χ2v) is 6.54. The van der Waals surface area contributed by atoms with Crippen molar-refractivity contribution in [1.29, 1.82) is 0 Å². The van der Waals surface area contributed by atoms with Crippen molar-refractivity contribution < 1.29 is 12.9 Å². The monoisotopic (exact) mass is 280 g/mol. The van der Waals surface area contributed by atoms with E-state index in [1.165, 1.54) is 0 Å². The zero-order chi connectivity index (χ0) is 13.9. The Labute approximate surface area is 112 Å². The average molecular weight is 280 g/mol. The third kappa shape index (κ3) is 3.89. The summed E-state index contributed by atoms with van der Waals surface area (Å²) >= 11 is 0. The Kier molecular flexibility index (Phi) is 3.99. The first-order valence-corrected chi connectivity index (χ1v) is 7.88. The van der Waals surface area contributed by atoms with Gasteiger partial charge in [-0.3, -0.25) is 0 Å². The molecule has 0 saturated carbocycles. The molecule has 0 aliphatic rings. The van der Waals surface area contributed by atoms with Gasteiger partial charge in [-0.25, -0.2) is 8.42 Å². The minimum atomic E-state index is -3.29. The number of nitrogens with zero attached hydrogens (tertiary/aromatic N) is 2. The van der Waals surface area contributed by atoms with Crippen LogP contribution < -0.4 is 0 Å². The number of hydrogen-bond acceptors (Lipinski definition) is 5. The topological polar surface area (TPSA) is 73.1 Å². The molecule has 0 amide bonds. The molecule has 0 unspecified atom stereocenters. The van der Waals surface area contributed by atoms with Crippen LogP contribution in [0.4, 0.5) is 0 Å². The molecule has 6 heteroatoms. The predicted molar refractivity (Wildman–Crippen MR) is 71.2 cm³/mol. The smallest absolute Gasteiger partial charge is 0.241 e. The van der Waals surface area contributed by atoms with E-state index < -0.39 is 9.84 Å². The number of sulfone groups is 1. The standard InChI is InChI=1S/C13H16N2O3S/c1-3-12-14-13(18-15-12)9-19(16,17)8-11-6-4-10(2)5-7-11/h4-7H,3,8-9H2,1-2H3. The Hall–Kier alpha value is -1.69. The third-order valence-electron chi connectivity index (χ3n) is 2.68. The molecule has 2 aromatic rings. The molecular weight excluding hydrogens is 264 g/mol. The van der Waals surface area contributed by atoms with Crippen LogP contribution in [-0.2, 0) is 27.8 Å². The fourth-order valence-corrected chi connectivity index (χ4v) is 2.97. The summed E-state index contributed by atoms with van der Waals surface area (Å²) < 4.78 is 29.0. The third-order valence-corrected chi connectivity index (χ3v) is 4.14. The van der Waals surface area contributed by atoms with Crippen LogP contribution in [0.5, 0.6) is 0 Å². The molecule has 1 aromatic heterocycles. The van der Waals surface area contributed by atoms with Crippen LogP contribution in [0.3, 0.4) is 0 Å². The average Bonchev–Trinajstić information content (AvgIpc) is 2.78. The Balaban J connectivity index is 2.08. The molecule has 1 aromatic carbocycles. The summed E-state index contributed by atoms with van der Waals surface area (Å²) in [4.78, 5) is 4.01. The van der Waals surface area contributed by atoms with E-state index in [2.05, 4.69) is 10.1 Å². The highest BCUT2D eigenvalue weighted by Crippen LogP contribution is 2.12. The summed E-state index contributed by atoms with van der Waals surface area (Å²) in [6.45, 7) is 3.85. The SMILES string of the molecule is CCc1noc(CS(=O)(=O)Cc2ccc(C)cc2)n1. The Morgan fingerprint density at radius 1 is 1.16 bits per heavy atom. The highest BCUT2D eigenvalue weighted by molar-refractivity contribution is 7.89. The minimum Gasteiger partial charge on any atom is -0.338 e. The normalized spacial score (nSPS) is 11.7.